The zero-order valence-electron chi connectivity index (χ0n) is 64.9. The van der Waals surface area contributed by atoms with E-state index in [9.17, 15) is 19.0 Å². The number of phosphoric acid groups is 1. The van der Waals surface area contributed by atoms with Gasteiger partial charge in [0.05, 0.1) is 27.7 Å². The van der Waals surface area contributed by atoms with Crippen LogP contribution in [0.3, 0.4) is 0 Å². The molecule has 102 heavy (non-hydrogen) atoms. The number of phosphoric ester groups is 1. The molecule has 0 aromatic rings. The summed E-state index contributed by atoms with van der Waals surface area (Å²) in [7, 11) is 1.12. The highest BCUT2D eigenvalue weighted by molar-refractivity contribution is 7.45. The number of carbonyl (C=O) groups is 2. The van der Waals surface area contributed by atoms with E-state index in [1.54, 1.807) is 0 Å². The highest BCUT2D eigenvalue weighted by atomic mass is 31.2. The fourth-order valence-electron chi connectivity index (χ4n) is 9.89. The van der Waals surface area contributed by atoms with E-state index >= 15 is 0 Å². The van der Waals surface area contributed by atoms with E-state index in [1.165, 1.54) is 44.9 Å². The second-order valence-electron chi connectivity index (χ2n) is 26.6. The van der Waals surface area contributed by atoms with Crippen LogP contribution in [0.15, 0.2) is 243 Å². The van der Waals surface area contributed by atoms with Gasteiger partial charge in [-0.3, -0.25) is 14.2 Å². The summed E-state index contributed by atoms with van der Waals surface area (Å²) in [6.07, 6.45) is 128. The predicted octanol–water partition coefficient (Wildman–Crippen LogP) is 26.4. The van der Waals surface area contributed by atoms with Crippen LogP contribution in [0, 0.1) is 0 Å². The van der Waals surface area contributed by atoms with Gasteiger partial charge >= 0.3 is 11.9 Å². The van der Waals surface area contributed by atoms with Crippen LogP contribution in [-0.4, -0.2) is 70.0 Å². The van der Waals surface area contributed by atoms with Gasteiger partial charge in [-0.1, -0.05) is 334 Å². The Bertz CT molecular complexity index is 2630. The number of allylic oxidation sites excluding steroid dienone is 40. The highest BCUT2D eigenvalue weighted by Gasteiger charge is 2.22. The number of ether oxygens (including phenoxy) is 2. The number of unbranched alkanes of at least 4 members (excludes halogenated alkanes) is 16. The number of carbonyl (C=O) groups excluding carboxylic acids is 2. The molecule has 0 aliphatic carbocycles. The second kappa shape index (κ2) is 78.9. The van der Waals surface area contributed by atoms with Crippen LogP contribution in [0.2, 0.25) is 0 Å². The molecule has 0 saturated heterocycles. The van der Waals surface area contributed by atoms with Crippen molar-refractivity contribution in [2.24, 2.45) is 0 Å². The number of nitrogens with zero attached hydrogens (tertiary/aromatic N) is 1. The molecule has 0 spiro atoms. The average Bonchev–Trinajstić information content (AvgIpc) is 0.914. The third-order valence-corrected chi connectivity index (χ3v) is 16.8. The smallest absolute Gasteiger partial charge is 0.306 e. The molecule has 0 fully saturated rings. The van der Waals surface area contributed by atoms with Crippen molar-refractivity contribution in [3.63, 3.8) is 0 Å². The van der Waals surface area contributed by atoms with E-state index < -0.39 is 32.5 Å². The number of esters is 2. The summed E-state index contributed by atoms with van der Waals surface area (Å²) >= 11 is 0. The Balaban J connectivity index is 4.15. The van der Waals surface area contributed by atoms with Crippen LogP contribution in [0.4, 0.5) is 0 Å². The van der Waals surface area contributed by atoms with Crippen LogP contribution in [0.1, 0.15) is 271 Å². The van der Waals surface area contributed by atoms with Gasteiger partial charge in [0.25, 0.3) is 7.82 Å². The third kappa shape index (κ3) is 82.8. The zero-order chi connectivity index (χ0) is 74.0. The minimum absolute atomic E-state index is 0.0481. The monoisotopic (exact) mass is 1420 g/mol. The normalized spacial score (nSPS) is 14.4. The maximum absolute atomic E-state index is 12.9. The Morgan fingerprint density at radius 1 is 0.304 bits per heavy atom. The lowest BCUT2D eigenvalue weighted by molar-refractivity contribution is -0.870. The van der Waals surface area contributed by atoms with Crippen molar-refractivity contribution in [1.82, 2.24) is 0 Å². The molecule has 2 atom stereocenters. The molecule has 0 rings (SSSR count). The van der Waals surface area contributed by atoms with Crippen molar-refractivity contribution >= 4 is 19.8 Å². The Kier molecular flexibility index (Phi) is 74.1. The molecule has 2 unspecified atom stereocenters. The Hall–Kier alpha value is -6.19. The van der Waals surface area contributed by atoms with Crippen LogP contribution in [0.25, 0.3) is 0 Å². The van der Waals surface area contributed by atoms with Crippen LogP contribution in [0.5, 0.6) is 0 Å². The average molecular weight is 1420 g/mol. The third-order valence-electron chi connectivity index (χ3n) is 15.9. The second-order valence-corrected chi connectivity index (χ2v) is 28.0. The first-order chi connectivity index (χ1) is 50.0. The zero-order valence-corrected chi connectivity index (χ0v) is 65.8. The summed E-state index contributed by atoms with van der Waals surface area (Å²) in [5.74, 6) is -0.875. The maximum Gasteiger partial charge on any atom is 0.306 e. The largest absolute Gasteiger partial charge is 0.756 e. The molecular formula is C92H144NO8P. The molecule has 0 aliphatic heterocycles. The number of likely N-dealkylation sites (N-methyl/N-ethyl adjacent to an activating group) is 1. The fourth-order valence-corrected chi connectivity index (χ4v) is 10.6. The summed E-state index contributed by atoms with van der Waals surface area (Å²) in [6.45, 7) is 3.96. The summed E-state index contributed by atoms with van der Waals surface area (Å²) < 4.78 is 34.3. The molecule has 0 amide bonds. The van der Waals surface area contributed by atoms with Crippen molar-refractivity contribution in [2.75, 3.05) is 47.5 Å². The van der Waals surface area contributed by atoms with Gasteiger partial charge in [0.15, 0.2) is 6.10 Å². The van der Waals surface area contributed by atoms with Crippen molar-refractivity contribution in [1.29, 1.82) is 0 Å². The van der Waals surface area contributed by atoms with Gasteiger partial charge in [-0.2, -0.15) is 0 Å². The Labute approximate surface area is 625 Å². The summed E-state index contributed by atoms with van der Waals surface area (Å²) in [4.78, 5) is 38.2. The topological polar surface area (TPSA) is 111 Å². The molecule has 10 heteroatoms. The number of hydrogen-bond donors (Lipinski definition) is 0. The van der Waals surface area contributed by atoms with Crippen molar-refractivity contribution in [3.05, 3.63) is 243 Å². The van der Waals surface area contributed by atoms with Gasteiger partial charge < -0.3 is 27.9 Å². The molecule has 0 N–H and O–H groups in total. The van der Waals surface area contributed by atoms with Gasteiger partial charge in [0, 0.05) is 12.8 Å². The molecule has 0 aromatic carbocycles. The molecule has 9 nitrogen and oxygen atoms in total. The first-order valence-corrected chi connectivity index (χ1v) is 41.2. The Morgan fingerprint density at radius 3 is 0.784 bits per heavy atom. The molecule has 0 aromatic heterocycles. The molecule has 0 heterocycles. The number of hydrogen-bond acceptors (Lipinski definition) is 8. The number of quaternary nitrogens is 1. The van der Waals surface area contributed by atoms with E-state index in [0.29, 0.717) is 23.9 Å². The lowest BCUT2D eigenvalue weighted by Crippen LogP contribution is -2.37. The van der Waals surface area contributed by atoms with Crippen LogP contribution < -0.4 is 4.89 Å². The summed E-state index contributed by atoms with van der Waals surface area (Å²) in [5, 5.41) is 0. The van der Waals surface area contributed by atoms with Crippen LogP contribution in [-0.2, 0) is 32.7 Å². The van der Waals surface area contributed by atoms with Gasteiger partial charge in [0.2, 0.25) is 0 Å². The van der Waals surface area contributed by atoms with E-state index in [-0.39, 0.29) is 26.1 Å². The molecule has 570 valence electrons. The van der Waals surface area contributed by atoms with Crippen LogP contribution >= 0.6 is 7.82 Å². The van der Waals surface area contributed by atoms with Crippen molar-refractivity contribution in [2.45, 2.75) is 277 Å². The highest BCUT2D eigenvalue weighted by Crippen LogP contribution is 2.38. The maximum atomic E-state index is 12.9. The molecule has 0 bridgehead atoms. The molecule has 0 radical (unpaired) electrons. The van der Waals surface area contributed by atoms with Gasteiger partial charge in [-0.05, 0) is 167 Å². The van der Waals surface area contributed by atoms with E-state index in [2.05, 4.69) is 257 Å². The van der Waals surface area contributed by atoms with Gasteiger partial charge in [-0.25, -0.2) is 0 Å². The first kappa shape index (κ1) is 95.8. The van der Waals surface area contributed by atoms with Crippen molar-refractivity contribution < 1.29 is 42.1 Å². The van der Waals surface area contributed by atoms with E-state index in [1.807, 2.05) is 21.1 Å². The predicted molar refractivity (Wildman–Crippen MR) is 442 cm³/mol. The molecular weight excluding hydrogens is 1280 g/mol. The summed E-state index contributed by atoms with van der Waals surface area (Å²) in [5.41, 5.74) is 0. The quantitative estimate of drug-likeness (QED) is 0.0195. The minimum atomic E-state index is -4.67. The fraction of sp³-hybridized carbons (Fsp3) is 0.543. The first-order valence-electron chi connectivity index (χ1n) is 39.7. The number of rotatable bonds is 70. The minimum Gasteiger partial charge on any atom is -0.756 e. The van der Waals surface area contributed by atoms with Crippen molar-refractivity contribution in [3.8, 4) is 0 Å². The Morgan fingerprint density at radius 2 is 0.529 bits per heavy atom. The van der Waals surface area contributed by atoms with Gasteiger partial charge in [-0.15, -0.1) is 0 Å². The molecule has 0 saturated carbocycles. The molecule has 0 aliphatic rings. The SMILES string of the molecule is CC/C=C\C/C=C\C/C=C\C/C=C\C/C=C\C/C=C\C/C=C\C/C=C\C/C=C\C/C=C\C/C=C\CCCCCCCC(=O)OC(COC(=O)CCCCCCCCCCCCC/C=C\C/C=C\C/C=C\C/C=C\C/C=C\C/C=C\C/C=C\C/C=C\C/C=C\CC)COP(=O)([O-])OCC[N+](C)(C)C. The van der Waals surface area contributed by atoms with E-state index in [0.717, 1.165) is 186 Å². The lowest BCUT2D eigenvalue weighted by Gasteiger charge is -2.28. The van der Waals surface area contributed by atoms with E-state index in [4.69, 9.17) is 18.5 Å². The lowest BCUT2D eigenvalue weighted by atomic mass is 10.0. The van der Waals surface area contributed by atoms with Gasteiger partial charge in [0.1, 0.15) is 19.8 Å². The standard InChI is InChI=1S/C92H144NO8P/c1-6-8-10-12-14-16-18-20-22-24-26-28-30-32-34-36-38-40-42-44-46-48-50-52-54-56-58-60-62-64-66-68-70-72-74-76-78-80-82-84-91(94)98-88-90(89-100-102(96,97)99-87-86-93(3,4)5)101-92(95)85-83-81-79-77-75-73-71-69-67-65-63-61-59-57-55-53-51-49-47-45-43-41-39-37-35-33-31-29-27-25-23-21-19-17-15-13-11-9-7-2/h8-11,14-17,20-23,26-29,32-35,38-41,44-47,50-53,56-59,63,65,69,71,90H,6-7,12-13,18-19,24-25,30-31,36-37,42-43,48-49,54-55,60-62,64,66-68,70,72-89H2,1-5H3/b10-8-,11-9-,16-14-,17-15-,22-20-,23-21-,28-26-,29-27-,34-32-,35-33-,40-38-,41-39-,46-44-,47-45-,52-50-,53-51-,58-56-,59-57-,65-63-,71-69-. The summed E-state index contributed by atoms with van der Waals surface area (Å²) in [6, 6.07) is 0.